The van der Waals surface area contributed by atoms with Crippen molar-refractivity contribution in [2.45, 2.75) is 30.8 Å². The summed E-state index contributed by atoms with van der Waals surface area (Å²) in [6.07, 6.45) is 2.86. The third kappa shape index (κ3) is 3.63. The first-order chi connectivity index (χ1) is 11.5. The lowest BCUT2D eigenvalue weighted by Gasteiger charge is -2.53. The zero-order valence-electron chi connectivity index (χ0n) is 14.9. The van der Waals surface area contributed by atoms with Gasteiger partial charge in [0.1, 0.15) is 0 Å². The molecule has 5 nitrogen and oxygen atoms in total. The van der Waals surface area contributed by atoms with E-state index in [4.69, 9.17) is 5.73 Å². The van der Waals surface area contributed by atoms with Crippen molar-refractivity contribution < 1.29 is 4.79 Å². The topological polar surface area (TPSA) is 52.8 Å². The Hall–Kier alpha value is -1.43. The number of amides is 1. The molecule has 5 heteroatoms. The molecule has 0 aliphatic carbocycles. The molecular formula is C19H30N4O. The number of likely N-dealkylation sites (tertiary alicyclic amines) is 1. The average Bonchev–Trinajstić information content (AvgIpc) is 2.60. The summed E-state index contributed by atoms with van der Waals surface area (Å²) in [4.78, 5) is 19.7. The van der Waals surface area contributed by atoms with Crippen molar-refractivity contribution in [3.8, 4) is 0 Å². The van der Waals surface area contributed by atoms with Gasteiger partial charge in [-0.2, -0.15) is 0 Å². The van der Waals surface area contributed by atoms with E-state index >= 15 is 0 Å². The van der Waals surface area contributed by atoms with Gasteiger partial charge in [-0.15, -0.1) is 0 Å². The van der Waals surface area contributed by atoms with E-state index in [1.54, 1.807) is 0 Å². The average molecular weight is 330 g/mol. The highest BCUT2D eigenvalue weighted by molar-refractivity contribution is 5.82. The van der Waals surface area contributed by atoms with E-state index in [2.05, 4.69) is 23.9 Å². The standard InChI is InChI=1S/C19H30N4O/c1-21-10-8-19(9-11-21)15-23(13-12-22(19)2)18(24)17(20)14-16-6-4-3-5-7-16/h3-7,17H,8-15,20H2,1-2H3/t17-/m1/s1. The Morgan fingerprint density at radius 2 is 1.79 bits per heavy atom. The summed E-state index contributed by atoms with van der Waals surface area (Å²) in [5, 5.41) is 0. The first-order valence-corrected chi connectivity index (χ1v) is 8.98. The molecule has 1 spiro atoms. The first-order valence-electron chi connectivity index (χ1n) is 8.98. The number of rotatable bonds is 3. The number of likely N-dealkylation sites (N-methyl/N-ethyl adjacent to an activating group) is 1. The van der Waals surface area contributed by atoms with Gasteiger partial charge in [0.05, 0.1) is 6.04 Å². The lowest BCUT2D eigenvalue weighted by atomic mass is 9.83. The molecule has 2 saturated heterocycles. The SMILES string of the molecule is CN1CCC2(CC1)CN(C(=O)[C@H](N)Cc1ccccc1)CCN2C. The summed E-state index contributed by atoms with van der Waals surface area (Å²) in [6.45, 7) is 4.74. The van der Waals surface area contributed by atoms with E-state index < -0.39 is 6.04 Å². The van der Waals surface area contributed by atoms with Crippen LogP contribution >= 0.6 is 0 Å². The summed E-state index contributed by atoms with van der Waals surface area (Å²) in [7, 11) is 4.38. The van der Waals surface area contributed by atoms with Crippen molar-refractivity contribution in [3.63, 3.8) is 0 Å². The molecular weight excluding hydrogens is 300 g/mol. The van der Waals surface area contributed by atoms with Gasteiger partial charge in [0.2, 0.25) is 5.91 Å². The Morgan fingerprint density at radius 1 is 1.12 bits per heavy atom. The van der Waals surface area contributed by atoms with Crippen LogP contribution in [0.1, 0.15) is 18.4 Å². The fourth-order valence-electron chi connectivity index (χ4n) is 4.02. The Morgan fingerprint density at radius 3 is 2.46 bits per heavy atom. The molecule has 0 unspecified atom stereocenters. The summed E-state index contributed by atoms with van der Waals surface area (Å²) >= 11 is 0. The molecule has 132 valence electrons. The molecule has 0 bridgehead atoms. The molecule has 1 amide bonds. The van der Waals surface area contributed by atoms with Crippen LogP contribution in [0.3, 0.4) is 0 Å². The minimum Gasteiger partial charge on any atom is -0.338 e. The van der Waals surface area contributed by atoms with Crippen LogP contribution in [-0.2, 0) is 11.2 Å². The molecule has 24 heavy (non-hydrogen) atoms. The fourth-order valence-corrected chi connectivity index (χ4v) is 4.02. The molecule has 2 heterocycles. The van der Waals surface area contributed by atoms with Gasteiger partial charge in [0.25, 0.3) is 0 Å². The zero-order chi connectivity index (χ0) is 17.2. The molecule has 3 rings (SSSR count). The van der Waals surface area contributed by atoms with E-state index in [-0.39, 0.29) is 11.4 Å². The maximum Gasteiger partial charge on any atom is 0.239 e. The van der Waals surface area contributed by atoms with Gasteiger partial charge in [-0.25, -0.2) is 0 Å². The van der Waals surface area contributed by atoms with Crippen LogP contribution in [0.4, 0.5) is 0 Å². The minimum atomic E-state index is -0.445. The largest absolute Gasteiger partial charge is 0.338 e. The van der Waals surface area contributed by atoms with Gasteiger partial charge in [-0.1, -0.05) is 30.3 Å². The number of benzene rings is 1. The second-order valence-electron chi connectivity index (χ2n) is 7.51. The maximum atomic E-state index is 12.9. The second-order valence-corrected chi connectivity index (χ2v) is 7.51. The molecule has 2 aliphatic heterocycles. The van der Waals surface area contributed by atoms with Gasteiger partial charge < -0.3 is 15.5 Å². The van der Waals surface area contributed by atoms with Crippen molar-refractivity contribution in [1.82, 2.24) is 14.7 Å². The Kier molecular flexibility index (Phi) is 5.23. The van der Waals surface area contributed by atoms with Crippen LogP contribution in [0.25, 0.3) is 0 Å². The highest BCUT2D eigenvalue weighted by Crippen LogP contribution is 2.31. The Bertz CT molecular complexity index is 554. The monoisotopic (exact) mass is 330 g/mol. The molecule has 1 aromatic carbocycles. The predicted molar refractivity (Wildman–Crippen MR) is 96.8 cm³/mol. The Balaban J connectivity index is 1.64. The molecule has 0 saturated carbocycles. The minimum absolute atomic E-state index is 0.102. The maximum absolute atomic E-state index is 12.9. The molecule has 2 aliphatic rings. The number of nitrogens with two attached hydrogens (primary N) is 1. The second kappa shape index (κ2) is 7.21. The third-order valence-electron chi connectivity index (χ3n) is 5.85. The van der Waals surface area contributed by atoms with Crippen molar-refractivity contribution in [1.29, 1.82) is 0 Å². The van der Waals surface area contributed by atoms with Crippen LogP contribution < -0.4 is 5.73 Å². The first kappa shape index (κ1) is 17.4. The molecule has 0 radical (unpaired) electrons. The molecule has 1 aromatic rings. The smallest absolute Gasteiger partial charge is 0.239 e. The van der Waals surface area contributed by atoms with Gasteiger partial charge >= 0.3 is 0 Å². The van der Waals surface area contributed by atoms with Gasteiger partial charge in [-0.05, 0) is 52.0 Å². The van der Waals surface area contributed by atoms with Crippen molar-refractivity contribution in [2.75, 3.05) is 46.8 Å². The molecule has 2 N–H and O–H groups in total. The number of hydrogen-bond acceptors (Lipinski definition) is 4. The molecule has 1 atom stereocenters. The van der Waals surface area contributed by atoms with Crippen LogP contribution in [0, 0.1) is 0 Å². The lowest BCUT2D eigenvalue weighted by Crippen LogP contribution is -2.66. The van der Waals surface area contributed by atoms with Crippen LogP contribution in [0.15, 0.2) is 30.3 Å². The number of piperazine rings is 1. The van der Waals surface area contributed by atoms with Crippen LogP contribution in [0.2, 0.25) is 0 Å². The van der Waals surface area contributed by atoms with E-state index in [9.17, 15) is 4.79 Å². The molecule has 0 aromatic heterocycles. The zero-order valence-corrected chi connectivity index (χ0v) is 14.9. The van der Waals surface area contributed by atoms with E-state index in [1.807, 2.05) is 35.2 Å². The quantitative estimate of drug-likeness (QED) is 0.890. The van der Waals surface area contributed by atoms with Crippen molar-refractivity contribution >= 4 is 5.91 Å². The predicted octanol–water partition coefficient (Wildman–Crippen LogP) is 0.795. The normalized spacial score (nSPS) is 23.4. The van der Waals surface area contributed by atoms with Crippen LogP contribution in [-0.4, -0.2) is 79.0 Å². The number of piperidine rings is 1. The summed E-state index contributed by atoms with van der Waals surface area (Å²) in [5.41, 5.74) is 7.50. The van der Waals surface area contributed by atoms with Crippen molar-refractivity contribution in [2.24, 2.45) is 5.73 Å². The highest BCUT2D eigenvalue weighted by Gasteiger charge is 2.43. The third-order valence-corrected chi connectivity index (χ3v) is 5.85. The summed E-state index contributed by atoms with van der Waals surface area (Å²) < 4.78 is 0. The van der Waals surface area contributed by atoms with E-state index in [1.165, 1.54) is 0 Å². The molecule has 2 fully saturated rings. The number of hydrogen-bond donors (Lipinski definition) is 1. The fraction of sp³-hybridized carbons (Fsp3) is 0.632. The summed E-state index contributed by atoms with van der Waals surface area (Å²) in [5.74, 6) is 0.102. The van der Waals surface area contributed by atoms with Crippen LogP contribution in [0.5, 0.6) is 0 Å². The van der Waals surface area contributed by atoms with E-state index in [0.29, 0.717) is 6.42 Å². The van der Waals surface area contributed by atoms with Gasteiger partial charge in [0.15, 0.2) is 0 Å². The summed E-state index contributed by atoms with van der Waals surface area (Å²) in [6, 6.07) is 9.61. The number of carbonyl (C=O) groups excluding carboxylic acids is 1. The van der Waals surface area contributed by atoms with Gasteiger partial charge in [-0.3, -0.25) is 9.69 Å². The van der Waals surface area contributed by atoms with Crippen molar-refractivity contribution in [3.05, 3.63) is 35.9 Å². The highest BCUT2D eigenvalue weighted by atomic mass is 16.2. The van der Waals surface area contributed by atoms with E-state index in [0.717, 1.165) is 51.1 Å². The van der Waals surface area contributed by atoms with Gasteiger partial charge in [0, 0.05) is 25.2 Å². The lowest BCUT2D eigenvalue weighted by molar-refractivity contribution is -0.139. The number of nitrogens with zero attached hydrogens (tertiary/aromatic N) is 3. The number of carbonyl (C=O) groups is 1. The Labute approximate surface area is 145 Å².